The number of carboxylic acids is 1. The van der Waals surface area contributed by atoms with Gasteiger partial charge in [0.2, 0.25) is 5.91 Å². The number of carbonyl (C=O) groups excluding carboxylic acids is 1. The van der Waals surface area contributed by atoms with Crippen LogP contribution in [0.25, 0.3) is 0 Å². The van der Waals surface area contributed by atoms with E-state index < -0.39 is 5.97 Å². The van der Waals surface area contributed by atoms with Crippen LogP contribution in [-0.2, 0) is 16.0 Å². The predicted molar refractivity (Wildman–Crippen MR) is 78.7 cm³/mol. The van der Waals surface area contributed by atoms with Crippen molar-refractivity contribution in [1.82, 2.24) is 4.90 Å². The Labute approximate surface area is 123 Å². The Kier molecular flexibility index (Phi) is 5.17. The minimum Gasteiger partial charge on any atom is -0.481 e. The van der Waals surface area contributed by atoms with Gasteiger partial charge in [-0.05, 0) is 36.1 Å². The summed E-state index contributed by atoms with van der Waals surface area (Å²) in [5.74, 6) is -0.142. The van der Waals surface area contributed by atoms with E-state index in [1.54, 1.807) is 11.3 Å². The normalized spacial score (nSPS) is 20.6. The minimum atomic E-state index is -0.750. The zero-order chi connectivity index (χ0) is 14.5. The van der Waals surface area contributed by atoms with Crippen LogP contribution in [0.1, 0.15) is 31.1 Å². The van der Waals surface area contributed by atoms with Crippen LogP contribution in [0.3, 0.4) is 0 Å². The predicted octanol–water partition coefficient (Wildman–Crippen LogP) is 2.64. The summed E-state index contributed by atoms with van der Waals surface area (Å²) in [7, 11) is 0. The number of hydrogen-bond acceptors (Lipinski definition) is 3. The maximum atomic E-state index is 12.3. The van der Waals surface area contributed by atoms with Gasteiger partial charge in [-0.2, -0.15) is 0 Å². The Bertz CT molecular complexity index is 458. The SMILES string of the molecule is CC(CC(=O)O)C1CCCN(C(=O)Cc2cccs2)C1. The Hall–Kier alpha value is -1.36. The standard InChI is InChI=1S/C15H21NO3S/c1-11(8-15(18)19)12-4-2-6-16(10-12)14(17)9-13-5-3-7-20-13/h3,5,7,11-12H,2,4,6,8-10H2,1H3,(H,18,19). The van der Waals surface area contributed by atoms with Gasteiger partial charge in [-0.1, -0.05) is 13.0 Å². The number of carboxylic acid groups (broad SMARTS) is 1. The fourth-order valence-corrected chi connectivity index (χ4v) is 3.51. The van der Waals surface area contributed by atoms with Crippen LogP contribution in [0, 0.1) is 11.8 Å². The lowest BCUT2D eigenvalue weighted by molar-refractivity contribution is -0.138. The lowest BCUT2D eigenvalue weighted by Gasteiger charge is -2.35. The second-order valence-corrected chi connectivity index (χ2v) is 6.61. The largest absolute Gasteiger partial charge is 0.481 e. The summed E-state index contributed by atoms with van der Waals surface area (Å²) in [5.41, 5.74) is 0. The van der Waals surface area contributed by atoms with Crippen molar-refractivity contribution in [3.05, 3.63) is 22.4 Å². The molecule has 0 aromatic carbocycles. The van der Waals surface area contributed by atoms with Crippen LogP contribution in [0.15, 0.2) is 17.5 Å². The molecule has 0 radical (unpaired) electrons. The summed E-state index contributed by atoms with van der Waals surface area (Å²) >= 11 is 1.61. The van der Waals surface area contributed by atoms with E-state index in [1.807, 2.05) is 29.3 Å². The summed E-state index contributed by atoms with van der Waals surface area (Å²) in [5, 5.41) is 10.9. The molecule has 0 bridgehead atoms. The molecule has 1 aliphatic heterocycles. The first kappa shape index (κ1) is 15.0. The first-order chi connectivity index (χ1) is 9.56. The van der Waals surface area contributed by atoms with Gasteiger partial charge in [0, 0.05) is 24.4 Å². The molecule has 0 saturated carbocycles. The molecule has 1 fully saturated rings. The molecule has 5 heteroatoms. The Morgan fingerprint density at radius 3 is 3.00 bits per heavy atom. The molecule has 1 aromatic rings. The summed E-state index contributed by atoms with van der Waals surface area (Å²) in [6, 6.07) is 3.94. The number of nitrogens with zero attached hydrogens (tertiary/aromatic N) is 1. The van der Waals surface area contributed by atoms with Crippen molar-refractivity contribution < 1.29 is 14.7 Å². The highest BCUT2D eigenvalue weighted by Gasteiger charge is 2.28. The maximum Gasteiger partial charge on any atom is 0.303 e. The zero-order valence-corrected chi connectivity index (χ0v) is 12.6. The minimum absolute atomic E-state index is 0.129. The van der Waals surface area contributed by atoms with Crippen molar-refractivity contribution in [3.63, 3.8) is 0 Å². The molecule has 4 nitrogen and oxygen atoms in total. The van der Waals surface area contributed by atoms with Crippen molar-refractivity contribution in [3.8, 4) is 0 Å². The van der Waals surface area contributed by atoms with Gasteiger partial charge in [-0.25, -0.2) is 0 Å². The quantitative estimate of drug-likeness (QED) is 0.908. The van der Waals surface area contributed by atoms with Crippen LogP contribution in [0.4, 0.5) is 0 Å². The van der Waals surface area contributed by atoms with Gasteiger partial charge in [0.05, 0.1) is 6.42 Å². The van der Waals surface area contributed by atoms with Crippen LogP contribution in [0.5, 0.6) is 0 Å². The van der Waals surface area contributed by atoms with E-state index in [0.29, 0.717) is 18.9 Å². The molecule has 0 spiro atoms. The summed E-state index contributed by atoms with van der Waals surface area (Å²) in [6.07, 6.45) is 2.66. The molecule has 2 heterocycles. The van der Waals surface area contributed by atoms with E-state index in [-0.39, 0.29) is 18.2 Å². The van der Waals surface area contributed by atoms with Crippen LogP contribution >= 0.6 is 11.3 Å². The van der Waals surface area contributed by atoms with Crippen LogP contribution in [0.2, 0.25) is 0 Å². The first-order valence-corrected chi connectivity index (χ1v) is 7.96. The number of carbonyl (C=O) groups is 2. The second-order valence-electron chi connectivity index (χ2n) is 5.57. The third-order valence-corrected chi connectivity index (χ3v) is 4.89. The molecule has 1 aliphatic rings. The van der Waals surface area contributed by atoms with Gasteiger partial charge < -0.3 is 10.0 Å². The van der Waals surface area contributed by atoms with Crippen molar-refractivity contribution in [1.29, 1.82) is 0 Å². The highest BCUT2D eigenvalue weighted by Crippen LogP contribution is 2.26. The lowest BCUT2D eigenvalue weighted by atomic mass is 9.84. The summed E-state index contributed by atoms with van der Waals surface area (Å²) < 4.78 is 0. The van der Waals surface area contributed by atoms with Gasteiger partial charge in [0.1, 0.15) is 0 Å². The topological polar surface area (TPSA) is 57.6 Å². The maximum absolute atomic E-state index is 12.3. The van der Waals surface area contributed by atoms with E-state index in [4.69, 9.17) is 5.11 Å². The Morgan fingerprint density at radius 1 is 1.55 bits per heavy atom. The number of piperidine rings is 1. The van der Waals surface area contributed by atoms with E-state index in [9.17, 15) is 9.59 Å². The van der Waals surface area contributed by atoms with E-state index >= 15 is 0 Å². The fourth-order valence-electron chi connectivity index (χ4n) is 2.82. The lowest BCUT2D eigenvalue weighted by Crippen LogP contribution is -2.42. The molecular formula is C15H21NO3S. The molecule has 1 amide bonds. The number of amides is 1. The van der Waals surface area contributed by atoms with Crippen molar-refractivity contribution in [2.45, 2.75) is 32.6 Å². The third-order valence-electron chi connectivity index (χ3n) is 4.02. The number of rotatable bonds is 5. The van der Waals surface area contributed by atoms with Crippen molar-refractivity contribution in [2.24, 2.45) is 11.8 Å². The molecule has 2 atom stereocenters. The van der Waals surface area contributed by atoms with Gasteiger partial charge >= 0.3 is 5.97 Å². The summed E-state index contributed by atoms with van der Waals surface area (Å²) in [4.78, 5) is 26.1. The number of aliphatic carboxylic acids is 1. The fraction of sp³-hybridized carbons (Fsp3) is 0.600. The van der Waals surface area contributed by atoms with Crippen LogP contribution in [-0.4, -0.2) is 35.0 Å². The molecule has 1 aromatic heterocycles. The zero-order valence-electron chi connectivity index (χ0n) is 11.7. The first-order valence-electron chi connectivity index (χ1n) is 7.08. The second kappa shape index (κ2) is 6.88. The van der Waals surface area contributed by atoms with Gasteiger partial charge in [0.25, 0.3) is 0 Å². The van der Waals surface area contributed by atoms with Gasteiger partial charge in [-0.15, -0.1) is 11.3 Å². The molecule has 2 rings (SSSR count). The number of thiophene rings is 1. The third kappa shape index (κ3) is 4.07. The van der Waals surface area contributed by atoms with E-state index in [1.165, 1.54) is 0 Å². The smallest absolute Gasteiger partial charge is 0.303 e. The summed E-state index contributed by atoms with van der Waals surface area (Å²) in [6.45, 7) is 3.49. The number of likely N-dealkylation sites (tertiary alicyclic amines) is 1. The average molecular weight is 295 g/mol. The van der Waals surface area contributed by atoms with Gasteiger partial charge in [-0.3, -0.25) is 9.59 Å². The highest BCUT2D eigenvalue weighted by atomic mass is 32.1. The molecular weight excluding hydrogens is 274 g/mol. The van der Waals surface area contributed by atoms with E-state index in [0.717, 1.165) is 24.3 Å². The average Bonchev–Trinajstić information content (AvgIpc) is 2.91. The highest BCUT2D eigenvalue weighted by molar-refractivity contribution is 7.10. The molecule has 2 unspecified atom stereocenters. The van der Waals surface area contributed by atoms with Gasteiger partial charge in [0.15, 0.2) is 0 Å². The van der Waals surface area contributed by atoms with E-state index in [2.05, 4.69) is 0 Å². The molecule has 20 heavy (non-hydrogen) atoms. The molecule has 1 saturated heterocycles. The monoisotopic (exact) mass is 295 g/mol. The Morgan fingerprint density at radius 2 is 2.35 bits per heavy atom. The number of hydrogen-bond donors (Lipinski definition) is 1. The van der Waals surface area contributed by atoms with Crippen molar-refractivity contribution >= 4 is 23.2 Å². The molecule has 110 valence electrons. The molecule has 0 aliphatic carbocycles. The Balaban J connectivity index is 1.89. The van der Waals surface area contributed by atoms with Crippen LogP contribution < -0.4 is 0 Å². The molecule has 1 N–H and O–H groups in total. The van der Waals surface area contributed by atoms with Crippen molar-refractivity contribution in [2.75, 3.05) is 13.1 Å².